The summed E-state index contributed by atoms with van der Waals surface area (Å²) in [5, 5.41) is 0. The van der Waals surface area contributed by atoms with Crippen LogP contribution in [-0.2, 0) is 11.2 Å². The van der Waals surface area contributed by atoms with Crippen LogP contribution >= 0.6 is 0 Å². The summed E-state index contributed by atoms with van der Waals surface area (Å²) in [6.07, 6.45) is 1.98. The van der Waals surface area contributed by atoms with E-state index in [9.17, 15) is 0 Å². The summed E-state index contributed by atoms with van der Waals surface area (Å²) in [6.45, 7) is 2.68. The van der Waals surface area contributed by atoms with Gasteiger partial charge in [0.05, 0.1) is 5.54 Å². The molecule has 0 fully saturated rings. The molecule has 0 spiro atoms. The second-order valence-electron chi connectivity index (χ2n) is 4.22. The number of aryl methyl sites for hydroxylation is 1. The predicted octanol–water partition coefficient (Wildman–Crippen LogP) is 1.72. The standard InChI is InChI=1S/C12H16N2O/c1-12(9-15-11(13)14-12)8-7-10-5-3-2-4-6-10/h2-6H,7-9H2,1H3,(H2,13,14)/t12-/m1/s1. The van der Waals surface area contributed by atoms with Gasteiger partial charge in [0.1, 0.15) is 6.61 Å². The van der Waals surface area contributed by atoms with Gasteiger partial charge in [-0.15, -0.1) is 0 Å². The minimum Gasteiger partial charge on any atom is -0.463 e. The van der Waals surface area contributed by atoms with E-state index in [1.54, 1.807) is 0 Å². The SMILES string of the molecule is C[C@@]1(CCc2ccccc2)COC(N)=N1. The molecular formula is C12H16N2O. The monoisotopic (exact) mass is 204 g/mol. The lowest BCUT2D eigenvalue weighted by Gasteiger charge is -2.17. The van der Waals surface area contributed by atoms with Crippen molar-refractivity contribution in [3.05, 3.63) is 35.9 Å². The van der Waals surface area contributed by atoms with Gasteiger partial charge in [0, 0.05) is 0 Å². The molecule has 1 aliphatic heterocycles. The Balaban J connectivity index is 1.94. The third-order valence-corrected chi connectivity index (χ3v) is 2.71. The fourth-order valence-corrected chi connectivity index (χ4v) is 1.75. The van der Waals surface area contributed by atoms with Crippen LogP contribution in [0.5, 0.6) is 0 Å². The molecule has 80 valence electrons. The highest BCUT2D eigenvalue weighted by molar-refractivity contribution is 5.73. The van der Waals surface area contributed by atoms with Crippen molar-refractivity contribution in [3.63, 3.8) is 0 Å². The highest BCUT2D eigenvalue weighted by Crippen LogP contribution is 2.23. The summed E-state index contributed by atoms with van der Waals surface area (Å²) < 4.78 is 5.18. The number of rotatable bonds is 3. The molecule has 1 aromatic carbocycles. The average molecular weight is 204 g/mol. The van der Waals surface area contributed by atoms with Gasteiger partial charge in [-0.1, -0.05) is 30.3 Å². The van der Waals surface area contributed by atoms with Gasteiger partial charge in [0.15, 0.2) is 0 Å². The van der Waals surface area contributed by atoms with Gasteiger partial charge in [0.25, 0.3) is 6.02 Å². The predicted molar refractivity (Wildman–Crippen MR) is 60.7 cm³/mol. The summed E-state index contributed by atoms with van der Waals surface area (Å²) in [5.41, 5.74) is 6.70. The summed E-state index contributed by atoms with van der Waals surface area (Å²) in [7, 11) is 0. The van der Waals surface area contributed by atoms with Gasteiger partial charge in [-0.25, -0.2) is 4.99 Å². The lowest BCUT2D eigenvalue weighted by atomic mass is 9.95. The smallest absolute Gasteiger partial charge is 0.282 e. The molecule has 3 heteroatoms. The number of nitrogens with zero attached hydrogens (tertiary/aromatic N) is 1. The van der Waals surface area contributed by atoms with Gasteiger partial charge < -0.3 is 10.5 Å². The van der Waals surface area contributed by atoms with Crippen molar-refractivity contribution in [1.82, 2.24) is 0 Å². The van der Waals surface area contributed by atoms with E-state index < -0.39 is 0 Å². The number of benzene rings is 1. The zero-order valence-corrected chi connectivity index (χ0v) is 8.94. The number of amidine groups is 1. The zero-order valence-electron chi connectivity index (χ0n) is 8.94. The van der Waals surface area contributed by atoms with Gasteiger partial charge in [0.2, 0.25) is 0 Å². The van der Waals surface area contributed by atoms with E-state index >= 15 is 0 Å². The Morgan fingerprint density at radius 1 is 1.40 bits per heavy atom. The Hall–Kier alpha value is -1.51. The molecule has 0 unspecified atom stereocenters. The molecule has 0 amide bonds. The van der Waals surface area contributed by atoms with Crippen LogP contribution in [0.3, 0.4) is 0 Å². The van der Waals surface area contributed by atoms with Gasteiger partial charge >= 0.3 is 0 Å². The lowest BCUT2D eigenvalue weighted by molar-refractivity contribution is 0.255. The molecule has 15 heavy (non-hydrogen) atoms. The van der Waals surface area contributed by atoms with Crippen LogP contribution in [0.15, 0.2) is 35.3 Å². The lowest BCUT2D eigenvalue weighted by Crippen LogP contribution is -2.24. The van der Waals surface area contributed by atoms with Crippen LogP contribution in [0.1, 0.15) is 18.9 Å². The van der Waals surface area contributed by atoms with E-state index in [-0.39, 0.29) is 5.54 Å². The third kappa shape index (κ3) is 2.49. The van der Waals surface area contributed by atoms with Gasteiger partial charge in [-0.05, 0) is 25.3 Å². The fraction of sp³-hybridized carbons (Fsp3) is 0.417. The molecule has 1 aliphatic rings. The van der Waals surface area contributed by atoms with Crippen LogP contribution in [0.25, 0.3) is 0 Å². The highest BCUT2D eigenvalue weighted by Gasteiger charge is 2.30. The third-order valence-electron chi connectivity index (χ3n) is 2.71. The first-order valence-electron chi connectivity index (χ1n) is 5.20. The van der Waals surface area contributed by atoms with E-state index in [0.717, 1.165) is 12.8 Å². The van der Waals surface area contributed by atoms with E-state index in [2.05, 4.69) is 36.2 Å². The van der Waals surface area contributed by atoms with Crippen molar-refractivity contribution in [1.29, 1.82) is 0 Å². The molecule has 0 aromatic heterocycles. The molecule has 0 radical (unpaired) electrons. The highest BCUT2D eigenvalue weighted by atomic mass is 16.5. The van der Waals surface area contributed by atoms with Crippen molar-refractivity contribution in [3.8, 4) is 0 Å². The Morgan fingerprint density at radius 3 is 2.73 bits per heavy atom. The molecule has 2 N–H and O–H groups in total. The fourth-order valence-electron chi connectivity index (χ4n) is 1.75. The number of aliphatic imine (C=N–C) groups is 1. The first-order chi connectivity index (χ1) is 7.18. The first kappa shape index (κ1) is 10.0. The van der Waals surface area contributed by atoms with Crippen LogP contribution in [0, 0.1) is 0 Å². The van der Waals surface area contributed by atoms with Crippen molar-refractivity contribution < 1.29 is 4.74 Å². The Labute approximate surface area is 90.0 Å². The summed E-state index contributed by atoms with van der Waals surface area (Å²) in [5.74, 6) is 0. The molecule has 3 nitrogen and oxygen atoms in total. The average Bonchev–Trinajstić information content (AvgIpc) is 2.58. The number of nitrogens with two attached hydrogens (primary N) is 1. The van der Waals surface area contributed by atoms with Crippen LogP contribution in [-0.4, -0.2) is 18.2 Å². The van der Waals surface area contributed by atoms with Gasteiger partial charge in [-0.2, -0.15) is 0 Å². The summed E-state index contributed by atoms with van der Waals surface area (Å²) in [4.78, 5) is 4.31. The molecule has 0 bridgehead atoms. The van der Waals surface area contributed by atoms with Crippen molar-refractivity contribution in [2.45, 2.75) is 25.3 Å². The van der Waals surface area contributed by atoms with E-state index in [1.165, 1.54) is 5.56 Å². The molecule has 0 saturated heterocycles. The van der Waals surface area contributed by atoms with Crippen LogP contribution in [0.2, 0.25) is 0 Å². The van der Waals surface area contributed by atoms with Crippen molar-refractivity contribution >= 4 is 6.02 Å². The molecule has 1 aromatic rings. The maximum Gasteiger partial charge on any atom is 0.282 e. The minimum absolute atomic E-state index is 0.139. The molecule has 1 atom stereocenters. The Morgan fingerprint density at radius 2 is 2.13 bits per heavy atom. The molecule has 1 heterocycles. The number of hydrogen-bond acceptors (Lipinski definition) is 3. The second-order valence-corrected chi connectivity index (χ2v) is 4.22. The van der Waals surface area contributed by atoms with Crippen LogP contribution in [0.4, 0.5) is 0 Å². The van der Waals surface area contributed by atoms with E-state index in [1.807, 2.05) is 6.07 Å². The molecule has 2 rings (SSSR count). The molecular weight excluding hydrogens is 188 g/mol. The van der Waals surface area contributed by atoms with E-state index in [0.29, 0.717) is 12.6 Å². The zero-order chi connectivity index (χ0) is 10.7. The maximum atomic E-state index is 5.51. The topological polar surface area (TPSA) is 47.6 Å². The quantitative estimate of drug-likeness (QED) is 0.815. The van der Waals surface area contributed by atoms with E-state index in [4.69, 9.17) is 10.5 Å². The Bertz CT molecular complexity index is 361. The normalized spacial score (nSPS) is 24.7. The number of ether oxygens (including phenoxy) is 1. The largest absolute Gasteiger partial charge is 0.463 e. The number of hydrogen-bond donors (Lipinski definition) is 1. The maximum absolute atomic E-state index is 5.51. The molecule has 0 saturated carbocycles. The van der Waals surface area contributed by atoms with Crippen LogP contribution < -0.4 is 5.73 Å². The molecule has 0 aliphatic carbocycles. The summed E-state index contributed by atoms with van der Waals surface area (Å²) in [6, 6.07) is 10.7. The van der Waals surface area contributed by atoms with Crippen molar-refractivity contribution in [2.75, 3.05) is 6.61 Å². The van der Waals surface area contributed by atoms with Crippen molar-refractivity contribution in [2.24, 2.45) is 10.7 Å². The minimum atomic E-state index is -0.139. The Kier molecular flexibility index (Phi) is 2.62. The first-order valence-corrected chi connectivity index (χ1v) is 5.20. The summed E-state index contributed by atoms with van der Waals surface area (Å²) >= 11 is 0. The second kappa shape index (κ2) is 3.93. The van der Waals surface area contributed by atoms with Gasteiger partial charge in [-0.3, -0.25) is 0 Å².